The SMILES string of the molecule is Cc1ccc2c(c1)[C@@H](N1CCNC(C)(C)C1)C[C@@H]2c1ccc(F)cc1. The minimum absolute atomic E-state index is 0.149. The van der Waals surface area contributed by atoms with Crippen LogP contribution in [0.3, 0.4) is 0 Å². The van der Waals surface area contributed by atoms with Crippen molar-refractivity contribution in [2.24, 2.45) is 0 Å². The lowest BCUT2D eigenvalue weighted by Gasteiger charge is -2.42. The van der Waals surface area contributed by atoms with Gasteiger partial charge in [-0.15, -0.1) is 0 Å². The fourth-order valence-electron chi connectivity index (χ4n) is 4.58. The molecule has 2 aromatic carbocycles. The third kappa shape index (κ3) is 3.23. The lowest BCUT2D eigenvalue weighted by Crippen LogP contribution is -2.57. The molecule has 3 heteroatoms. The molecule has 0 saturated carbocycles. The van der Waals surface area contributed by atoms with Gasteiger partial charge < -0.3 is 5.32 Å². The average Bonchev–Trinajstić information content (AvgIpc) is 2.93. The van der Waals surface area contributed by atoms with Crippen LogP contribution in [0.5, 0.6) is 0 Å². The van der Waals surface area contributed by atoms with Crippen molar-refractivity contribution in [3.63, 3.8) is 0 Å². The highest BCUT2D eigenvalue weighted by atomic mass is 19.1. The van der Waals surface area contributed by atoms with Gasteiger partial charge in [0.25, 0.3) is 0 Å². The van der Waals surface area contributed by atoms with Crippen molar-refractivity contribution in [2.75, 3.05) is 19.6 Å². The predicted octanol–water partition coefficient (Wildman–Crippen LogP) is 4.39. The molecule has 1 heterocycles. The van der Waals surface area contributed by atoms with Crippen LogP contribution >= 0.6 is 0 Å². The molecule has 2 aromatic rings. The lowest BCUT2D eigenvalue weighted by atomic mass is 9.92. The largest absolute Gasteiger partial charge is 0.309 e. The number of rotatable bonds is 2. The number of hydrogen-bond donors (Lipinski definition) is 1. The molecule has 0 bridgehead atoms. The highest BCUT2D eigenvalue weighted by Gasteiger charge is 2.38. The second-order valence-corrected chi connectivity index (χ2v) is 8.27. The van der Waals surface area contributed by atoms with Crippen molar-refractivity contribution >= 4 is 0 Å². The summed E-state index contributed by atoms with van der Waals surface area (Å²) in [5, 5.41) is 3.61. The zero-order chi connectivity index (χ0) is 17.6. The summed E-state index contributed by atoms with van der Waals surface area (Å²) in [5.74, 6) is 0.200. The van der Waals surface area contributed by atoms with Gasteiger partial charge in [0.1, 0.15) is 5.82 Å². The van der Waals surface area contributed by atoms with Gasteiger partial charge in [0, 0.05) is 37.1 Å². The molecule has 2 aliphatic rings. The number of benzene rings is 2. The highest BCUT2D eigenvalue weighted by Crippen LogP contribution is 2.47. The van der Waals surface area contributed by atoms with E-state index in [4.69, 9.17) is 0 Å². The van der Waals surface area contributed by atoms with E-state index in [1.165, 1.54) is 22.3 Å². The first kappa shape index (κ1) is 16.7. The molecular weight excluding hydrogens is 311 g/mol. The first-order valence-electron chi connectivity index (χ1n) is 9.28. The Morgan fingerprint density at radius 2 is 1.84 bits per heavy atom. The molecule has 1 fully saturated rings. The minimum Gasteiger partial charge on any atom is -0.309 e. The quantitative estimate of drug-likeness (QED) is 0.873. The fourth-order valence-corrected chi connectivity index (χ4v) is 4.58. The normalized spacial score (nSPS) is 25.8. The molecule has 2 nitrogen and oxygen atoms in total. The summed E-state index contributed by atoms with van der Waals surface area (Å²) in [6.07, 6.45) is 1.08. The van der Waals surface area contributed by atoms with Crippen LogP contribution in [0.15, 0.2) is 42.5 Å². The number of piperazine rings is 1. The molecule has 0 spiro atoms. The monoisotopic (exact) mass is 338 g/mol. The Hall–Kier alpha value is -1.71. The maximum atomic E-state index is 13.4. The lowest BCUT2D eigenvalue weighted by molar-refractivity contribution is 0.107. The van der Waals surface area contributed by atoms with Crippen LogP contribution in [0.1, 0.15) is 54.5 Å². The van der Waals surface area contributed by atoms with Gasteiger partial charge >= 0.3 is 0 Å². The summed E-state index contributed by atoms with van der Waals surface area (Å²) in [7, 11) is 0. The van der Waals surface area contributed by atoms with Crippen molar-refractivity contribution in [3.05, 3.63) is 70.5 Å². The maximum Gasteiger partial charge on any atom is 0.123 e. The molecule has 2 atom stereocenters. The number of nitrogens with one attached hydrogen (secondary N) is 1. The maximum absolute atomic E-state index is 13.4. The smallest absolute Gasteiger partial charge is 0.123 e. The Kier molecular flexibility index (Phi) is 4.17. The summed E-state index contributed by atoms with van der Waals surface area (Å²) in [6.45, 7) is 9.90. The van der Waals surface area contributed by atoms with E-state index in [-0.39, 0.29) is 11.4 Å². The average molecular weight is 338 g/mol. The zero-order valence-corrected chi connectivity index (χ0v) is 15.3. The van der Waals surface area contributed by atoms with Crippen LogP contribution in [0.25, 0.3) is 0 Å². The summed E-state index contributed by atoms with van der Waals surface area (Å²) in [4.78, 5) is 2.64. The summed E-state index contributed by atoms with van der Waals surface area (Å²) >= 11 is 0. The molecule has 0 unspecified atom stereocenters. The van der Waals surface area contributed by atoms with E-state index < -0.39 is 0 Å². The van der Waals surface area contributed by atoms with E-state index in [1.54, 1.807) is 12.1 Å². The van der Waals surface area contributed by atoms with Gasteiger partial charge in [0.2, 0.25) is 0 Å². The Morgan fingerprint density at radius 1 is 1.08 bits per heavy atom. The standard InChI is InChI=1S/C22H27FN2/c1-15-4-9-18-19(16-5-7-17(23)8-6-16)13-21(20(18)12-15)25-11-10-24-22(2,3)14-25/h4-9,12,19,21,24H,10-11,13-14H2,1-3H3/t19-,21+/m1/s1. The van der Waals surface area contributed by atoms with E-state index in [0.29, 0.717) is 12.0 Å². The molecule has 1 aliphatic heterocycles. The van der Waals surface area contributed by atoms with Gasteiger partial charge in [-0.1, -0.05) is 35.9 Å². The van der Waals surface area contributed by atoms with Crippen LogP contribution in [-0.4, -0.2) is 30.1 Å². The number of nitrogens with zero attached hydrogens (tertiary/aromatic N) is 1. The summed E-state index contributed by atoms with van der Waals surface area (Å²) in [5.41, 5.74) is 5.57. The predicted molar refractivity (Wildman–Crippen MR) is 100 cm³/mol. The first-order valence-corrected chi connectivity index (χ1v) is 9.28. The second kappa shape index (κ2) is 6.22. The van der Waals surface area contributed by atoms with Crippen LogP contribution in [0.4, 0.5) is 4.39 Å². The van der Waals surface area contributed by atoms with Gasteiger partial charge in [-0.05, 0) is 56.0 Å². The third-order valence-corrected chi connectivity index (χ3v) is 5.75. The van der Waals surface area contributed by atoms with Crippen LogP contribution in [0, 0.1) is 12.7 Å². The Morgan fingerprint density at radius 3 is 2.56 bits per heavy atom. The third-order valence-electron chi connectivity index (χ3n) is 5.75. The molecular formula is C22H27FN2. The van der Waals surface area contributed by atoms with Crippen molar-refractivity contribution in [1.82, 2.24) is 10.2 Å². The molecule has 1 N–H and O–H groups in total. The summed E-state index contributed by atoms with van der Waals surface area (Å²) < 4.78 is 13.4. The second-order valence-electron chi connectivity index (χ2n) is 8.27. The fraction of sp³-hybridized carbons (Fsp3) is 0.455. The van der Waals surface area contributed by atoms with E-state index in [1.807, 2.05) is 12.1 Å². The van der Waals surface area contributed by atoms with Gasteiger partial charge in [0.05, 0.1) is 0 Å². The van der Waals surface area contributed by atoms with Crippen molar-refractivity contribution in [2.45, 2.75) is 44.7 Å². The number of fused-ring (bicyclic) bond motifs is 1. The van der Waals surface area contributed by atoms with Crippen molar-refractivity contribution < 1.29 is 4.39 Å². The minimum atomic E-state index is -0.161. The van der Waals surface area contributed by atoms with Crippen LogP contribution in [0.2, 0.25) is 0 Å². The Balaban J connectivity index is 1.70. The van der Waals surface area contributed by atoms with Crippen molar-refractivity contribution in [1.29, 1.82) is 0 Å². The van der Waals surface area contributed by atoms with Gasteiger partial charge in [-0.3, -0.25) is 4.90 Å². The molecule has 4 rings (SSSR count). The van der Waals surface area contributed by atoms with Gasteiger partial charge in [-0.25, -0.2) is 4.39 Å². The van der Waals surface area contributed by atoms with Gasteiger partial charge in [-0.2, -0.15) is 0 Å². The zero-order valence-electron chi connectivity index (χ0n) is 15.3. The molecule has 1 aliphatic carbocycles. The van der Waals surface area contributed by atoms with E-state index >= 15 is 0 Å². The molecule has 25 heavy (non-hydrogen) atoms. The molecule has 0 aromatic heterocycles. The molecule has 0 radical (unpaired) electrons. The molecule has 0 amide bonds. The van der Waals surface area contributed by atoms with E-state index in [9.17, 15) is 4.39 Å². The topological polar surface area (TPSA) is 15.3 Å². The van der Waals surface area contributed by atoms with Crippen molar-refractivity contribution in [3.8, 4) is 0 Å². The highest BCUT2D eigenvalue weighted by molar-refractivity contribution is 5.46. The number of halogens is 1. The Bertz CT molecular complexity index is 766. The van der Waals surface area contributed by atoms with Gasteiger partial charge in [0.15, 0.2) is 0 Å². The van der Waals surface area contributed by atoms with E-state index in [0.717, 1.165) is 26.1 Å². The molecule has 132 valence electrons. The van der Waals surface area contributed by atoms with Crippen LogP contribution < -0.4 is 5.32 Å². The number of aryl methyl sites for hydroxylation is 1. The first-order chi connectivity index (χ1) is 11.9. The summed E-state index contributed by atoms with van der Waals surface area (Å²) in [6, 6.07) is 14.4. The Labute approximate surface area is 150 Å². The van der Waals surface area contributed by atoms with Crippen LogP contribution in [-0.2, 0) is 0 Å². The van der Waals surface area contributed by atoms with E-state index in [2.05, 4.69) is 49.2 Å². The number of hydrogen-bond acceptors (Lipinski definition) is 2. The molecule has 1 saturated heterocycles.